The van der Waals surface area contributed by atoms with Crippen molar-refractivity contribution >= 4 is 17.8 Å². The minimum Gasteiger partial charge on any atom is -0.160 e. The monoisotopic (exact) mass is 273 g/mol. The number of alkyl halides is 3. The number of hydrogen-bond donors (Lipinski definition) is 0. The molecule has 0 spiro atoms. The first-order valence-corrected chi connectivity index (χ1v) is 5.86. The highest BCUT2D eigenvalue weighted by Crippen LogP contribution is 2.36. The predicted octanol–water partition coefficient (Wildman–Crippen LogP) is 5.01. The second-order valence-electron chi connectivity index (χ2n) is 3.26. The Labute approximate surface area is 106 Å². The molecule has 0 fully saturated rings. The zero-order chi connectivity index (χ0) is 13.4. The van der Waals surface area contributed by atoms with Gasteiger partial charge in [-0.3, -0.25) is 0 Å². The molecule has 1 aromatic rings. The molecule has 0 atom stereocenters. The number of benzene rings is 1. The molecule has 0 N–H and O–H groups in total. The van der Waals surface area contributed by atoms with Crippen molar-refractivity contribution in [2.24, 2.45) is 5.11 Å². The molecule has 0 amide bonds. The van der Waals surface area contributed by atoms with Gasteiger partial charge >= 0.3 is 5.51 Å². The van der Waals surface area contributed by atoms with Crippen LogP contribution in [0.15, 0.2) is 40.4 Å². The lowest BCUT2D eigenvalue weighted by Crippen LogP contribution is -1.98. The number of thioether (sulfide) groups is 1. The van der Waals surface area contributed by atoms with Crippen molar-refractivity contribution in [3.63, 3.8) is 0 Å². The van der Waals surface area contributed by atoms with E-state index in [2.05, 4.69) is 10.0 Å². The van der Waals surface area contributed by atoms with Gasteiger partial charge in [0.1, 0.15) is 0 Å². The third-order valence-corrected chi connectivity index (χ3v) is 2.62. The van der Waals surface area contributed by atoms with Crippen LogP contribution in [0, 0.1) is 0 Å². The van der Waals surface area contributed by atoms with Crippen LogP contribution in [0.5, 0.6) is 0 Å². The molecule has 3 nitrogen and oxygen atoms in total. The molecule has 1 aromatic carbocycles. The van der Waals surface area contributed by atoms with E-state index >= 15 is 0 Å². The van der Waals surface area contributed by atoms with E-state index in [0.717, 1.165) is 5.56 Å². The standard InChI is InChI=1S/C11H10F3N3S/c12-11(13,14)18-10-6-4-9(5-7-10)3-1-2-8-16-17-15/h1,3-7H,2,8H2. The van der Waals surface area contributed by atoms with Crippen molar-refractivity contribution in [3.05, 3.63) is 46.3 Å². The number of rotatable bonds is 5. The van der Waals surface area contributed by atoms with Crippen LogP contribution in [0.4, 0.5) is 13.2 Å². The average Bonchev–Trinajstić information content (AvgIpc) is 2.29. The van der Waals surface area contributed by atoms with E-state index in [4.69, 9.17) is 5.53 Å². The quantitative estimate of drug-likeness (QED) is 0.244. The summed E-state index contributed by atoms with van der Waals surface area (Å²) in [6.07, 6.45) is 4.18. The molecule has 7 heteroatoms. The van der Waals surface area contributed by atoms with Crippen LogP contribution in [0.2, 0.25) is 0 Å². The van der Waals surface area contributed by atoms with Crippen LogP contribution in [0.1, 0.15) is 12.0 Å². The summed E-state index contributed by atoms with van der Waals surface area (Å²) < 4.78 is 36.2. The highest BCUT2D eigenvalue weighted by Gasteiger charge is 2.28. The number of azide groups is 1. The molecule has 18 heavy (non-hydrogen) atoms. The second-order valence-corrected chi connectivity index (χ2v) is 4.40. The van der Waals surface area contributed by atoms with Crippen molar-refractivity contribution in [1.82, 2.24) is 0 Å². The Bertz CT molecular complexity index is 448. The molecule has 0 saturated heterocycles. The van der Waals surface area contributed by atoms with Gasteiger partial charge in [-0.2, -0.15) is 13.2 Å². The summed E-state index contributed by atoms with van der Waals surface area (Å²) in [5, 5.41) is 3.36. The van der Waals surface area contributed by atoms with Crippen LogP contribution in [-0.2, 0) is 0 Å². The Morgan fingerprint density at radius 3 is 2.50 bits per heavy atom. The van der Waals surface area contributed by atoms with E-state index < -0.39 is 5.51 Å². The van der Waals surface area contributed by atoms with Gasteiger partial charge in [0.15, 0.2) is 0 Å². The number of nitrogens with zero attached hydrogens (tertiary/aromatic N) is 3. The maximum Gasteiger partial charge on any atom is 0.446 e. The van der Waals surface area contributed by atoms with Crippen molar-refractivity contribution in [2.75, 3.05) is 6.54 Å². The first-order valence-electron chi connectivity index (χ1n) is 5.04. The molecule has 96 valence electrons. The fraction of sp³-hybridized carbons (Fsp3) is 0.273. The molecular formula is C11H10F3N3S. The second kappa shape index (κ2) is 6.98. The van der Waals surface area contributed by atoms with Crippen LogP contribution < -0.4 is 0 Å². The third-order valence-electron chi connectivity index (χ3n) is 1.88. The van der Waals surface area contributed by atoms with Gasteiger partial charge in [-0.15, -0.1) is 0 Å². The fourth-order valence-corrected chi connectivity index (χ4v) is 1.72. The summed E-state index contributed by atoms with van der Waals surface area (Å²) in [6, 6.07) is 6.06. The van der Waals surface area contributed by atoms with Gasteiger partial charge in [-0.25, -0.2) is 0 Å². The predicted molar refractivity (Wildman–Crippen MR) is 66.0 cm³/mol. The zero-order valence-corrected chi connectivity index (χ0v) is 10.1. The maximum atomic E-state index is 12.1. The molecule has 0 aliphatic carbocycles. The molecule has 0 radical (unpaired) electrons. The van der Waals surface area contributed by atoms with Gasteiger partial charge in [0.2, 0.25) is 0 Å². The Balaban J connectivity index is 2.52. The van der Waals surface area contributed by atoms with E-state index in [9.17, 15) is 13.2 Å². The molecule has 1 rings (SSSR count). The van der Waals surface area contributed by atoms with Gasteiger partial charge in [0.05, 0.1) is 0 Å². The fourth-order valence-electron chi connectivity index (χ4n) is 1.18. The Hall–Kier alpha value is -1.59. The van der Waals surface area contributed by atoms with Gasteiger partial charge in [-0.1, -0.05) is 29.4 Å². The molecule has 0 bridgehead atoms. The SMILES string of the molecule is [N-]=[N+]=NCCC=Cc1ccc(SC(F)(F)F)cc1. The smallest absolute Gasteiger partial charge is 0.160 e. The number of halogens is 3. The lowest BCUT2D eigenvalue weighted by molar-refractivity contribution is -0.0328. The first-order chi connectivity index (χ1) is 8.51. The molecule has 0 saturated carbocycles. The Kier molecular flexibility index (Phi) is 5.61. The molecule has 0 aromatic heterocycles. The van der Waals surface area contributed by atoms with E-state index in [1.165, 1.54) is 12.1 Å². The molecular weight excluding hydrogens is 263 g/mol. The maximum absolute atomic E-state index is 12.1. The van der Waals surface area contributed by atoms with Crippen molar-refractivity contribution in [2.45, 2.75) is 16.8 Å². The van der Waals surface area contributed by atoms with Crippen molar-refractivity contribution in [1.29, 1.82) is 0 Å². The largest absolute Gasteiger partial charge is 0.446 e. The average molecular weight is 273 g/mol. The van der Waals surface area contributed by atoms with Gasteiger partial charge < -0.3 is 0 Å². The van der Waals surface area contributed by atoms with Crippen molar-refractivity contribution < 1.29 is 13.2 Å². The van der Waals surface area contributed by atoms with E-state index in [0.29, 0.717) is 13.0 Å². The van der Waals surface area contributed by atoms with E-state index in [-0.39, 0.29) is 16.7 Å². The normalized spacial score (nSPS) is 11.5. The minimum absolute atomic E-state index is 0.135. The number of hydrogen-bond acceptors (Lipinski definition) is 2. The molecule has 0 aliphatic heterocycles. The summed E-state index contributed by atoms with van der Waals surface area (Å²) in [6.45, 7) is 0.370. The Morgan fingerprint density at radius 2 is 1.94 bits per heavy atom. The van der Waals surface area contributed by atoms with Gasteiger partial charge in [0, 0.05) is 16.4 Å². The van der Waals surface area contributed by atoms with Crippen LogP contribution in [0.25, 0.3) is 16.5 Å². The lowest BCUT2D eigenvalue weighted by atomic mass is 10.2. The molecule has 0 aliphatic rings. The summed E-state index contributed by atoms with van der Waals surface area (Å²) in [5.74, 6) is 0. The highest BCUT2D eigenvalue weighted by molar-refractivity contribution is 8.00. The highest BCUT2D eigenvalue weighted by atomic mass is 32.2. The minimum atomic E-state index is -4.26. The van der Waals surface area contributed by atoms with E-state index in [1.807, 2.05) is 0 Å². The molecule has 0 heterocycles. The third kappa shape index (κ3) is 6.22. The topological polar surface area (TPSA) is 48.8 Å². The van der Waals surface area contributed by atoms with Crippen LogP contribution in [-0.4, -0.2) is 12.1 Å². The first kappa shape index (κ1) is 14.5. The van der Waals surface area contributed by atoms with Crippen molar-refractivity contribution in [3.8, 4) is 0 Å². The summed E-state index contributed by atoms with van der Waals surface area (Å²) in [7, 11) is 0. The summed E-state index contributed by atoms with van der Waals surface area (Å²) in [5.41, 5.74) is 4.60. The summed E-state index contributed by atoms with van der Waals surface area (Å²) in [4.78, 5) is 2.77. The lowest BCUT2D eigenvalue weighted by Gasteiger charge is -2.05. The molecule has 0 unspecified atom stereocenters. The van der Waals surface area contributed by atoms with Crippen LogP contribution in [0.3, 0.4) is 0 Å². The van der Waals surface area contributed by atoms with Gasteiger partial charge in [0.25, 0.3) is 0 Å². The van der Waals surface area contributed by atoms with E-state index in [1.54, 1.807) is 24.3 Å². The van der Waals surface area contributed by atoms with Crippen LogP contribution >= 0.6 is 11.8 Å². The zero-order valence-electron chi connectivity index (χ0n) is 9.26. The van der Waals surface area contributed by atoms with Gasteiger partial charge in [-0.05, 0) is 41.4 Å². The Morgan fingerprint density at radius 1 is 1.28 bits per heavy atom. The summed E-state index contributed by atoms with van der Waals surface area (Å²) >= 11 is -0.135.